The first-order valence-corrected chi connectivity index (χ1v) is 8.95. The number of aromatic nitrogens is 2. The third-order valence-electron chi connectivity index (χ3n) is 4.43. The number of anilines is 3. The SMILES string of the molecule is CCCc1cc(N2CC(C)NCC2C)nc(Nc2ccc(F)cc2)n1.Cl.Cl. The van der Waals surface area contributed by atoms with Crippen LogP contribution in [0.1, 0.15) is 32.9 Å². The molecule has 0 bridgehead atoms. The van der Waals surface area contributed by atoms with Crippen LogP contribution in [-0.4, -0.2) is 35.1 Å². The molecule has 1 aromatic heterocycles. The molecule has 0 spiro atoms. The van der Waals surface area contributed by atoms with Gasteiger partial charge in [-0.05, 0) is 44.5 Å². The summed E-state index contributed by atoms with van der Waals surface area (Å²) in [6.45, 7) is 8.39. The van der Waals surface area contributed by atoms with E-state index in [0.717, 1.165) is 43.1 Å². The Morgan fingerprint density at radius 2 is 1.89 bits per heavy atom. The Kier molecular flexibility index (Phi) is 9.22. The molecule has 1 aliphatic heterocycles. The van der Waals surface area contributed by atoms with Gasteiger partial charge in [-0.1, -0.05) is 13.3 Å². The van der Waals surface area contributed by atoms with Gasteiger partial charge in [0.15, 0.2) is 0 Å². The molecular weight excluding hydrogens is 388 g/mol. The van der Waals surface area contributed by atoms with Crippen molar-refractivity contribution in [2.45, 2.75) is 45.7 Å². The van der Waals surface area contributed by atoms with Crippen molar-refractivity contribution >= 4 is 42.3 Å². The fourth-order valence-electron chi connectivity index (χ4n) is 3.07. The normalized spacial score (nSPS) is 19.0. The van der Waals surface area contributed by atoms with Crippen molar-refractivity contribution in [3.8, 4) is 0 Å². The topological polar surface area (TPSA) is 53.1 Å². The molecule has 2 atom stereocenters. The molecule has 1 aromatic carbocycles. The maximum absolute atomic E-state index is 13.1. The molecule has 2 N–H and O–H groups in total. The number of nitrogens with one attached hydrogen (secondary N) is 2. The van der Waals surface area contributed by atoms with Crippen LogP contribution < -0.4 is 15.5 Å². The van der Waals surface area contributed by atoms with Crippen LogP contribution in [0, 0.1) is 5.82 Å². The van der Waals surface area contributed by atoms with Gasteiger partial charge in [-0.3, -0.25) is 0 Å². The summed E-state index contributed by atoms with van der Waals surface area (Å²) < 4.78 is 13.1. The van der Waals surface area contributed by atoms with Gasteiger partial charge >= 0.3 is 0 Å². The molecule has 2 unspecified atom stereocenters. The van der Waals surface area contributed by atoms with Crippen LogP contribution in [0.5, 0.6) is 0 Å². The molecule has 27 heavy (non-hydrogen) atoms. The fraction of sp³-hybridized carbons (Fsp3) is 0.474. The highest BCUT2D eigenvalue weighted by atomic mass is 35.5. The van der Waals surface area contributed by atoms with E-state index in [4.69, 9.17) is 4.98 Å². The lowest BCUT2D eigenvalue weighted by atomic mass is 10.1. The summed E-state index contributed by atoms with van der Waals surface area (Å²) in [5.41, 5.74) is 1.80. The number of piperazine rings is 1. The maximum Gasteiger partial charge on any atom is 0.229 e. The molecule has 0 saturated carbocycles. The molecule has 1 aliphatic rings. The molecule has 1 fully saturated rings. The number of nitrogens with zero attached hydrogens (tertiary/aromatic N) is 3. The maximum atomic E-state index is 13.1. The van der Waals surface area contributed by atoms with E-state index in [2.05, 4.69) is 47.4 Å². The summed E-state index contributed by atoms with van der Waals surface area (Å²) >= 11 is 0. The largest absolute Gasteiger partial charge is 0.351 e. The van der Waals surface area contributed by atoms with Crippen molar-refractivity contribution in [2.24, 2.45) is 0 Å². The number of halogens is 3. The Hall–Kier alpha value is -1.63. The minimum absolute atomic E-state index is 0. The van der Waals surface area contributed by atoms with Gasteiger partial charge in [0.1, 0.15) is 11.6 Å². The number of hydrogen-bond donors (Lipinski definition) is 2. The van der Waals surface area contributed by atoms with Gasteiger partial charge in [-0.2, -0.15) is 4.98 Å². The zero-order chi connectivity index (χ0) is 17.8. The standard InChI is InChI=1S/C19H26FN5.2ClH/c1-4-5-17-10-18(25-12-13(2)21-11-14(25)3)24-19(23-17)22-16-8-6-15(20)7-9-16;;/h6-10,13-14,21H,4-5,11-12H2,1-3H3,(H,22,23,24);2*1H. The molecule has 2 aromatic rings. The van der Waals surface area contributed by atoms with Gasteiger partial charge in [0.2, 0.25) is 5.95 Å². The first-order chi connectivity index (χ1) is 12.0. The minimum atomic E-state index is -0.254. The molecule has 0 aliphatic carbocycles. The third-order valence-corrected chi connectivity index (χ3v) is 4.43. The van der Waals surface area contributed by atoms with Gasteiger partial charge in [-0.15, -0.1) is 24.8 Å². The monoisotopic (exact) mass is 415 g/mol. The van der Waals surface area contributed by atoms with Crippen molar-refractivity contribution in [3.63, 3.8) is 0 Å². The molecule has 3 rings (SSSR count). The summed E-state index contributed by atoms with van der Waals surface area (Å²) in [5.74, 6) is 1.25. The van der Waals surface area contributed by atoms with Gasteiger partial charge in [0.05, 0.1) is 0 Å². The van der Waals surface area contributed by atoms with Crippen LogP contribution in [0.25, 0.3) is 0 Å². The predicted molar refractivity (Wildman–Crippen MR) is 114 cm³/mol. The van der Waals surface area contributed by atoms with E-state index in [1.54, 1.807) is 12.1 Å². The van der Waals surface area contributed by atoms with Crippen LogP contribution >= 0.6 is 24.8 Å². The third kappa shape index (κ3) is 6.19. The van der Waals surface area contributed by atoms with Crippen LogP contribution in [0.15, 0.2) is 30.3 Å². The molecular formula is C19H28Cl2FN5. The Labute approximate surface area is 173 Å². The van der Waals surface area contributed by atoms with Crippen molar-refractivity contribution in [1.29, 1.82) is 0 Å². The fourth-order valence-corrected chi connectivity index (χ4v) is 3.07. The van der Waals surface area contributed by atoms with E-state index in [1.807, 2.05) is 0 Å². The molecule has 1 saturated heterocycles. The van der Waals surface area contributed by atoms with Crippen LogP contribution in [-0.2, 0) is 6.42 Å². The lowest BCUT2D eigenvalue weighted by Crippen LogP contribution is -2.54. The summed E-state index contributed by atoms with van der Waals surface area (Å²) in [5, 5.41) is 6.70. The number of benzene rings is 1. The quantitative estimate of drug-likeness (QED) is 0.760. The molecule has 5 nitrogen and oxygen atoms in total. The highest BCUT2D eigenvalue weighted by Crippen LogP contribution is 2.22. The predicted octanol–water partition coefficient (Wildman–Crippen LogP) is 4.34. The average Bonchev–Trinajstić information content (AvgIpc) is 2.59. The highest BCUT2D eigenvalue weighted by Gasteiger charge is 2.24. The molecule has 150 valence electrons. The Balaban J connectivity index is 0.00000182. The van der Waals surface area contributed by atoms with Crippen LogP contribution in [0.4, 0.5) is 21.8 Å². The number of hydrogen-bond acceptors (Lipinski definition) is 5. The van der Waals surface area contributed by atoms with E-state index in [-0.39, 0.29) is 30.6 Å². The Morgan fingerprint density at radius 3 is 2.56 bits per heavy atom. The first-order valence-electron chi connectivity index (χ1n) is 8.95. The lowest BCUT2D eigenvalue weighted by Gasteiger charge is -2.38. The van der Waals surface area contributed by atoms with Crippen LogP contribution in [0.2, 0.25) is 0 Å². The van der Waals surface area contributed by atoms with E-state index < -0.39 is 0 Å². The second kappa shape index (κ2) is 10.6. The van der Waals surface area contributed by atoms with Crippen molar-refractivity contribution in [1.82, 2.24) is 15.3 Å². The zero-order valence-electron chi connectivity index (χ0n) is 15.9. The number of aryl methyl sites for hydroxylation is 1. The second-order valence-corrected chi connectivity index (χ2v) is 6.73. The number of rotatable bonds is 5. The second-order valence-electron chi connectivity index (χ2n) is 6.73. The zero-order valence-corrected chi connectivity index (χ0v) is 17.5. The first kappa shape index (κ1) is 23.4. The Morgan fingerprint density at radius 1 is 1.19 bits per heavy atom. The molecule has 8 heteroatoms. The lowest BCUT2D eigenvalue weighted by molar-refractivity contribution is 0.422. The van der Waals surface area contributed by atoms with Gasteiger partial charge in [0, 0.05) is 42.6 Å². The summed E-state index contributed by atoms with van der Waals surface area (Å²) in [6.07, 6.45) is 1.93. The van der Waals surface area contributed by atoms with Crippen molar-refractivity contribution in [2.75, 3.05) is 23.3 Å². The molecule has 2 heterocycles. The average molecular weight is 416 g/mol. The molecule has 0 radical (unpaired) electrons. The van der Waals surface area contributed by atoms with Gasteiger partial charge in [0.25, 0.3) is 0 Å². The Bertz CT molecular complexity index is 714. The van der Waals surface area contributed by atoms with Crippen molar-refractivity contribution in [3.05, 3.63) is 41.8 Å². The smallest absolute Gasteiger partial charge is 0.229 e. The van der Waals surface area contributed by atoms with E-state index in [0.29, 0.717) is 18.0 Å². The van der Waals surface area contributed by atoms with Gasteiger partial charge in [-0.25, -0.2) is 9.37 Å². The van der Waals surface area contributed by atoms with Crippen LogP contribution in [0.3, 0.4) is 0 Å². The van der Waals surface area contributed by atoms with Crippen molar-refractivity contribution < 1.29 is 4.39 Å². The summed E-state index contributed by atoms with van der Waals surface area (Å²) in [6, 6.07) is 9.14. The van der Waals surface area contributed by atoms with E-state index in [1.165, 1.54) is 12.1 Å². The minimum Gasteiger partial charge on any atom is -0.351 e. The molecule has 0 amide bonds. The highest BCUT2D eigenvalue weighted by molar-refractivity contribution is 5.85. The van der Waals surface area contributed by atoms with Gasteiger partial charge < -0.3 is 15.5 Å². The van der Waals surface area contributed by atoms with E-state index >= 15 is 0 Å². The van der Waals surface area contributed by atoms with E-state index in [9.17, 15) is 4.39 Å². The summed E-state index contributed by atoms with van der Waals surface area (Å²) in [4.78, 5) is 11.7. The summed E-state index contributed by atoms with van der Waals surface area (Å²) in [7, 11) is 0.